The van der Waals surface area contributed by atoms with Crippen LogP contribution in [0.2, 0.25) is 0 Å². The summed E-state index contributed by atoms with van der Waals surface area (Å²) in [5, 5.41) is 11.6. The Morgan fingerprint density at radius 3 is 2.92 bits per heavy atom. The van der Waals surface area contributed by atoms with Crippen LogP contribution < -0.4 is 5.73 Å². The van der Waals surface area contributed by atoms with Crippen molar-refractivity contribution in [1.29, 1.82) is 5.26 Å². The zero-order chi connectivity index (χ0) is 9.42. The average Bonchev–Trinajstić information content (AvgIpc) is 2.48. The van der Waals surface area contributed by atoms with E-state index in [4.69, 9.17) is 11.0 Å². The fraction of sp³-hybridized carbons (Fsp3) is 0. The summed E-state index contributed by atoms with van der Waals surface area (Å²) in [6, 6.07) is 6.03. The summed E-state index contributed by atoms with van der Waals surface area (Å²) in [5.41, 5.74) is 7.21. The van der Waals surface area contributed by atoms with E-state index in [0.29, 0.717) is 5.56 Å². The van der Waals surface area contributed by atoms with Gasteiger partial charge >= 0.3 is 0 Å². The van der Waals surface area contributed by atoms with Gasteiger partial charge in [0.1, 0.15) is 6.07 Å². The number of anilines is 1. The van der Waals surface area contributed by atoms with Crippen molar-refractivity contribution in [3.8, 4) is 6.07 Å². The topological polar surface area (TPSA) is 49.8 Å². The van der Waals surface area contributed by atoms with Crippen molar-refractivity contribution >= 4 is 49.7 Å². The number of hydrogen-bond acceptors (Lipinski definition) is 3. The first-order valence-corrected chi connectivity index (χ1v) is 5.54. The molecule has 0 radical (unpaired) electrons. The van der Waals surface area contributed by atoms with Gasteiger partial charge in [-0.25, -0.2) is 0 Å². The van der Waals surface area contributed by atoms with E-state index in [-0.39, 0.29) is 0 Å². The molecule has 13 heavy (non-hydrogen) atoms. The van der Waals surface area contributed by atoms with E-state index in [1.165, 1.54) is 0 Å². The van der Waals surface area contributed by atoms with E-state index in [9.17, 15) is 0 Å². The van der Waals surface area contributed by atoms with Gasteiger partial charge in [0.15, 0.2) is 0 Å². The van der Waals surface area contributed by atoms with Crippen LogP contribution in [0.25, 0.3) is 10.1 Å². The molecule has 0 amide bonds. The summed E-state index contributed by atoms with van der Waals surface area (Å²) < 4.78 is 2.16. The van der Waals surface area contributed by atoms with Gasteiger partial charge in [-0.1, -0.05) is 0 Å². The molecule has 0 aliphatic rings. The molecule has 1 aromatic carbocycles. The SMILES string of the molecule is N#Cc1csc2cc(I)c(N)cc12. The standard InChI is InChI=1S/C9H5IN2S/c10-7-2-9-6(1-8(7)12)5(3-11)4-13-9/h1-2,4H,12H2. The lowest BCUT2D eigenvalue weighted by atomic mass is 10.2. The number of hydrogen-bond donors (Lipinski definition) is 1. The summed E-state index contributed by atoms with van der Waals surface area (Å²) >= 11 is 3.77. The van der Waals surface area contributed by atoms with Crippen LogP contribution in [0.1, 0.15) is 5.56 Å². The maximum atomic E-state index is 8.80. The maximum absolute atomic E-state index is 8.80. The van der Waals surface area contributed by atoms with Gasteiger partial charge in [-0.05, 0) is 34.7 Å². The van der Waals surface area contributed by atoms with E-state index in [1.807, 2.05) is 17.5 Å². The van der Waals surface area contributed by atoms with E-state index >= 15 is 0 Å². The molecule has 2 rings (SSSR count). The second-order valence-electron chi connectivity index (χ2n) is 2.63. The molecular weight excluding hydrogens is 295 g/mol. The van der Waals surface area contributed by atoms with Crippen LogP contribution in [0.3, 0.4) is 0 Å². The monoisotopic (exact) mass is 300 g/mol. The highest BCUT2D eigenvalue weighted by Gasteiger charge is 2.05. The van der Waals surface area contributed by atoms with Crippen LogP contribution in [-0.2, 0) is 0 Å². The third-order valence-corrected chi connectivity index (χ3v) is 3.69. The van der Waals surface area contributed by atoms with Gasteiger partial charge in [0.05, 0.1) is 5.56 Å². The summed E-state index contributed by atoms with van der Waals surface area (Å²) in [6.07, 6.45) is 0. The molecule has 0 fully saturated rings. The highest BCUT2D eigenvalue weighted by atomic mass is 127. The molecule has 0 bridgehead atoms. The molecule has 0 spiro atoms. The van der Waals surface area contributed by atoms with Gasteiger partial charge in [0.2, 0.25) is 0 Å². The fourth-order valence-electron chi connectivity index (χ4n) is 1.15. The third kappa shape index (κ3) is 1.38. The molecule has 2 N–H and O–H groups in total. The van der Waals surface area contributed by atoms with Crippen LogP contribution in [0.4, 0.5) is 5.69 Å². The van der Waals surface area contributed by atoms with Crippen molar-refractivity contribution in [3.63, 3.8) is 0 Å². The van der Waals surface area contributed by atoms with Crippen molar-refractivity contribution < 1.29 is 0 Å². The fourth-order valence-corrected chi connectivity index (χ4v) is 2.74. The minimum atomic E-state index is 0.711. The molecule has 1 heterocycles. The summed E-state index contributed by atoms with van der Waals surface area (Å²) in [7, 11) is 0. The van der Waals surface area contributed by atoms with Crippen molar-refractivity contribution in [1.82, 2.24) is 0 Å². The first-order chi connectivity index (χ1) is 6.22. The van der Waals surface area contributed by atoms with Gasteiger partial charge < -0.3 is 5.73 Å². The summed E-state index contributed by atoms with van der Waals surface area (Å²) in [5.74, 6) is 0. The van der Waals surface area contributed by atoms with Crippen LogP contribution in [0.5, 0.6) is 0 Å². The molecular formula is C9H5IN2S. The Hall–Kier alpha value is -0.800. The predicted octanol–water partition coefficient (Wildman–Crippen LogP) is 2.96. The Balaban J connectivity index is 2.86. The Labute approximate surface area is 93.1 Å². The highest BCUT2D eigenvalue weighted by Crippen LogP contribution is 2.30. The molecule has 0 aliphatic heterocycles. The number of nitrogens with two attached hydrogens (primary N) is 1. The Kier molecular flexibility index (Phi) is 2.14. The number of fused-ring (bicyclic) bond motifs is 1. The van der Waals surface area contributed by atoms with Gasteiger partial charge in [-0.3, -0.25) is 0 Å². The van der Waals surface area contributed by atoms with Crippen molar-refractivity contribution in [2.75, 3.05) is 5.73 Å². The highest BCUT2D eigenvalue weighted by molar-refractivity contribution is 14.1. The molecule has 0 unspecified atom stereocenters. The van der Waals surface area contributed by atoms with E-state index in [2.05, 4.69) is 28.7 Å². The lowest BCUT2D eigenvalue weighted by molar-refractivity contribution is 1.52. The van der Waals surface area contributed by atoms with Crippen LogP contribution in [-0.4, -0.2) is 0 Å². The minimum absolute atomic E-state index is 0.711. The number of benzene rings is 1. The summed E-state index contributed by atoms with van der Waals surface area (Å²) in [6.45, 7) is 0. The van der Waals surface area contributed by atoms with Crippen molar-refractivity contribution in [2.24, 2.45) is 0 Å². The van der Waals surface area contributed by atoms with E-state index in [0.717, 1.165) is 19.3 Å². The van der Waals surface area contributed by atoms with Gasteiger partial charge in [-0.2, -0.15) is 5.26 Å². The number of nitriles is 1. The number of halogens is 1. The van der Waals surface area contributed by atoms with Crippen molar-refractivity contribution in [2.45, 2.75) is 0 Å². The lowest BCUT2D eigenvalue weighted by Gasteiger charge is -1.97. The van der Waals surface area contributed by atoms with E-state index < -0.39 is 0 Å². The molecule has 64 valence electrons. The van der Waals surface area contributed by atoms with Crippen molar-refractivity contribution in [3.05, 3.63) is 26.6 Å². The van der Waals surface area contributed by atoms with Gasteiger partial charge in [-0.15, -0.1) is 11.3 Å². The van der Waals surface area contributed by atoms with E-state index in [1.54, 1.807) is 11.3 Å². The third-order valence-electron chi connectivity index (χ3n) is 1.81. The number of rotatable bonds is 0. The first kappa shape index (κ1) is 8.78. The van der Waals surface area contributed by atoms with Crippen LogP contribution >= 0.6 is 33.9 Å². The Morgan fingerprint density at radius 2 is 2.23 bits per heavy atom. The largest absolute Gasteiger partial charge is 0.398 e. The second-order valence-corrected chi connectivity index (χ2v) is 4.70. The normalized spacial score (nSPS) is 10.2. The molecule has 0 saturated carbocycles. The molecule has 0 saturated heterocycles. The molecule has 2 aromatic rings. The number of thiophene rings is 1. The molecule has 2 nitrogen and oxygen atoms in total. The predicted molar refractivity (Wildman–Crippen MR) is 63.7 cm³/mol. The molecule has 1 aromatic heterocycles. The zero-order valence-electron chi connectivity index (χ0n) is 6.54. The van der Waals surface area contributed by atoms with Crippen LogP contribution in [0.15, 0.2) is 17.5 Å². The maximum Gasteiger partial charge on any atom is 0.101 e. The smallest absolute Gasteiger partial charge is 0.101 e. The Morgan fingerprint density at radius 1 is 1.46 bits per heavy atom. The van der Waals surface area contributed by atoms with Gasteiger partial charge in [0.25, 0.3) is 0 Å². The second kappa shape index (κ2) is 3.16. The average molecular weight is 300 g/mol. The number of nitrogen functional groups attached to an aromatic ring is 1. The number of nitrogens with zero attached hydrogens (tertiary/aromatic N) is 1. The zero-order valence-corrected chi connectivity index (χ0v) is 9.52. The lowest BCUT2D eigenvalue weighted by Crippen LogP contribution is -1.87. The Bertz CT molecular complexity index is 510. The molecule has 0 atom stereocenters. The molecule has 4 heteroatoms. The molecule has 0 aliphatic carbocycles. The van der Waals surface area contributed by atoms with Crippen LogP contribution in [0, 0.1) is 14.9 Å². The first-order valence-electron chi connectivity index (χ1n) is 3.58. The summed E-state index contributed by atoms with van der Waals surface area (Å²) in [4.78, 5) is 0. The van der Waals surface area contributed by atoms with Gasteiger partial charge in [0, 0.05) is 24.7 Å². The quantitative estimate of drug-likeness (QED) is 0.600. The minimum Gasteiger partial charge on any atom is -0.398 e.